The van der Waals surface area contributed by atoms with Gasteiger partial charge in [-0.25, -0.2) is 8.42 Å². The maximum absolute atomic E-state index is 12.3. The predicted octanol–water partition coefficient (Wildman–Crippen LogP) is 1.34. The number of nitrogens with zero attached hydrogens (tertiary/aromatic N) is 2. The Hall–Kier alpha value is -1.66. The van der Waals surface area contributed by atoms with Crippen LogP contribution in [0.4, 0.5) is 0 Å². The molecule has 5 nitrogen and oxygen atoms in total. The summed E-state index contributed by atoms with van der Waals surface area (Å²) < 4.78 is 23.2. The summed E-state index contributed by atoms with van der Waals surface area (Å²) >= 11 is 0. The molecule has 3 rings (SSSR count). The van der Waals surface area contributed by atoms with Gasteiger partial charge in [-0.2, -0.15) is 0 Å². The lowest BCUT2D eigenvalue weighted by Gasteiger charge is -2.37. The number of carbonyl (C=O) groups is 1. The molecule has 2 saturated heterocycles. The van der Waals surface area contributed by atoms with Crippen LogP contribution in [0.5, 0.6) is 0 Å². The van der Waals surface area contributed by atoms with E-state index in [4.69, 9.17) is 0 Å². The molecule has 130 valence electrons. The largest absolute Gasteiger partial charge is 0.337 e. The van der Waals surface area contributed by atoms with E-state index in [1.54, 1.807) is 6.08 Å². The van der Waals surface area contributed by atoms with Crippen LogP contribution >= 0.6 is 0 Å². The first-order valence-corrected chi connectivity index (χ1v) is 10.2. The molecule has 0 N–H and O–H groups in total. The van der Waals surface area contributed by atoms with Crippen LogP contribution in [-0.4, -0.2) is 67.9 Å². The van der Waals surface area contributed by atoms with Crippen molar-refractivity contribution < 1.29 is 13.2 Å². The Balaban J connectivity index is 1.52. The van der Waals surface area contributed by atoms with Crippen molar-refractivity contribution in [1.29, 1.82) is 0 Å². The highest BCUT2D eigenvalue weighted by atomic mass is 32.2. The zero-order valence-electron chi connectivity index (χ0n) is 14.0. The summed E-state index contributed by atoms with van der Waals surface area (Å²) in [6, 6.07) is 8.17. The van der Waals surface area contributed by atoms with E-state index in [1.807, 2.05) is 42.2 Å². The van der Waals surface area contributed by atoms with E-state index in [-0.39, 0.29) is 17.7 Å². The molecule has 2 aliphatic rings. The van der Waals surface area contributed by atoms with Gasteiger partial charge in [0.2, 0.25) is 5.91 Å². The molecule has 0 spiro atoms. The number of sulfone groups is 1. The van der Waals surface area contributed by atoms with Crippen LogP contribution < -0.4 is 0 Å². The number of hydrogen-bond acceptors (Lipinski definition) is 4. The first kappa shape index (κ1) is 17.2. The number of rotatable bonds is 3. The van der Waals surface area contributed by atoms with Crippen LogP contribution in [-0.2, 0) is 14.6 Å². The monoisotopic (exact) mass is 348 g/mol. The topological polar surface area (TPSA) is 57.7 Å². The Morgan fingerprint density at radius 3 is 2.58 bits per heavy atom. The number of amides is 1. The number of piperazine rings is 1. The van der Waals surface area contributed by atoms with E-state index in [0.717, 1.165) is 25.1 Å². The van der Waals surface area contributed by atoms with Gasteiger partial charge in [0, 0.05) is 38.3 Å². The second kappa shape index (κ2) is 7.07. The molecule has 1 amide bonds. The van der Waals surface area contributed by atoms with E-state index in [0.29, 0.717) is 18.8 Å². The highest BCUT2D eigenvalue weighted by molar-refractivity contribution is 7.91. The Kier molecular flexibility index (Phi) is 5.06. The molecular weight excluding hydrogens is 324 g/mol. The summed E-state index contributed by atoms with van der Waals surface area (Å²) in [5.41, 5.74) is 2.20. The van der Waals surface area contributed by atoms with Crippen molar-refractivity contribution in [2.24, 2.45) is 0 Å². The maximum Gasteiger partial charge on any atom is 0.246 e. The normalized spacial score (nSPS) is 24.5. The number of hydrogen-bond donors (Lipinski definition) is 0. The molecule has 0 bridgehead atoms. The third-order valence-corrected chi connectivity index (χ3v) is 6.56. The summed E-state index contributed by atoms with van der Waals surface area (Å²) in [5, 5.41) is 0. The van der Waals surface area contributed by atoms with E-state index in [2.05, 4.69) is 4.90 Å². The van der Waals surface area contributed by atoms with Crippen molar-refractivity contribution in [3.05, 3.63) is 41.5 Å². The van der Waals surface area contributed by atoms with Crippen molar-refractivity contribution in [1.82, 2.24) is 9.80 Å². The molecule has 2 fully saturated rings. The SMILES string of the molecule is Cc1cccc(/C=C/C(=O)N2CCN(C3CCS(=O)(=O)C3)CC2)c1. The second-order valence-electron chi connectivity index (χ2n) is 6.67. The van der Waals surface area contributed by atoms with Gasteiger partial charge >= 0.3 is 0 Å². The lowest BCUT2D eigenvalue weighted by atomic mass is 10.1. The first-order valence-electron chi connectivity index (χ1n) is 8.41. The predicted molar refractivity (Wildman–Crippen MR) is 95.4 cm³/mol. The van der Waals surface area contributed by atoms with Crippen molar-refractivity contribution in [2.45, 2.75) is 19.4 Å². The third kappa shape index (κ3) is 4.24. The Labute approximate surface area is 143 Å². The van der Waals surface area contributed by atoms with Gasteiger partial charge in [-0.3, -0.25) is 9.69 Å². The summed E-state index contributed by atoms with van der Waals surface area (Å²) in [6.45, 7) is 4.86. The van der Waals surface area contributed by atoms with Crippen LogP contribution in [0.3, 0.4) is 0 Å². The molecule has 1 atom stereocenters. The van der Waals surface area contributed by atoms with Gasteiger partial charge in [-0.15, -0.1) is 0 Å². The van der Waals surface area contributed by atoms with Gasteiger partial charge in [0.1, 0.15) is 0 Å². The zero-order valence-corrected chi connectivity index (χ0v) is 14.8. The lowest BCUT2D eigenvalue weighted by Crippen LogP contribution is -2.52. The Morgan fingerprint density at radius 1 is 1.21 bits per heavy atom. The van der Waals surface area contributed by atoms with Gasteiger partial charge in [-0.1, -0.05) is 29.8 Å². The summed E-state index contributed by atoms with van der Waals surface area (Å²) in [7, 11) is -2.85. The molecular formula is C18H24N2O3S. The summed E-state index contributed by atoms with van der Waals surface area (Å²) in [6.07, 6.45) is 4.21. The first-order chi connectivity index (χ1) is 11.4. The van der Waals surface area contributed by atoms with Crippen LogP contribution in [0.2, 0.25) is 0 Å². The molecule has 24 heavy (non-hydrogen) atoms. The minimum Gasteiger partial charge on any atom is -0.337 e. The second-order valence-corrected chi connectivity index (χ2v) is 8.89. The quantitative estimate of drug-likeness (QED) is 0.774. The molecule has 0 aromatic heterocycles. The number of aryl methyl sites for hydroxylation is 1. The average Bonchev–Trinajstić information content (AvgIpc) is 2.93. The standard InChI is InChI=1S/C18H24N2O3S/c1-15-3-2-4-16(13-15)5-6-18(21)20-10-8-19(9-11-20)17-7-12-24(22,23)14-17/h2-6,13,17H,7-12,14H2,1H3/b6-5+. The Morgan fingerprint density at radius 2 is 1.96 bits per heavy atom. The molecule has 2 heterocycles. The fourth-order valence-corrected chi connectivity index (χ4v) is 5.18. The van der Waals surface area contributed by atoms with Gasteiger partial charge in [-0.05, 0) is 25.0 Å². The lowest BCUT2D eigenvalue weighted by molar-refractivity contribution is -0.127. The van der Waals surface area contributed by atoms with Gasteiger partial charge in [0.15, 0.2) is 9.84 Å². The van der Waals surface area contributed by atoms with E-state index < -0.39 is 9.84 Å². The highest BCUT2D eigenvalue weighted by Crippen LogP contribution is 2.19. The molecule has 0 saturated carbocycles. The van der Waals surface area contributed by atoms with Crippen LogP contribution in [0, 0.1) is 6.92 Å². The molecule has 1 aromatic carbocycles. The highest BCUT2D eigenvalue weighted by Gasteiger charge is 2.34. The van der Waals surface area contributed by atoms with Gasteiger partial charge in [0.05, 0.1) is 11.5 Å². The molecule has 1 aromatic rings. The molecule has 0 aliphatic carbocycles. The Bertz CT molecular complexity index is 734. The van der Waals surface area contributed by atoms with Crippen molar-refractivity contribution in [2.75, 3.05) is 37.7 Å². The smallest absolute Gasteiger partial charge is 0.246 e. The maximum atomic E-state index is 12.3. The molecule has 0 radical (unpaired) electrons. The fraction of sp³-hybridized carbons (Fsp3) is 0.500. The fourth-order valence-electron chi connectivity index (χ4n) is 3.42. The third-order valence-electron chi connectivity index (χ3n) is 4.81. The van der Waals surface area contributed by atoms with Crippen LogP contribution in [0.25, 0.3) is 6.08 Å². The van der Waals surface area contributed by atoms with E-state index in [9.17, 15) is 13.2 Å². The van der Waals surface area contributed by atoms with Crippen LogP contribution in [0.1, 0.15) is 17.5 Å². The summed E-state index contributed by atoms with van der Waals surface area (Å²) in [5.74, 6) is 0.597. The minimum atomic E-state index is -2.85. The van der Waals surface area contributed by atoms with E-state index in [1.165, 1.54) is 5.56 Å². The number of benzene rings is 1. The van der Waals surface area contributed by atoms with Gasteiger partial charge < -0.3 is 4.90 Å². The zero-order chi connectivity index (χ0) is 17.2. The van der Waals surface area contributed by atoms with Crippen LogP contribution in [0.15, 0.2) is 30.3 Å². The average molecular weight is 348 g/mol. The number of carbonyl (C=O) groups excluding carboxylic acids is 1. The summed E-state index contributed by atoms with van der Waals surface area (Å²) in [4.78, 5) is 16.4. The van der Waals surface area contributed by atoms with Gasteiger partial charge in [0.25, 0.3) is 0 Å². The molecule has 6 heteroatoms. The minimum absolute atomic E-state index is 0.0233. The van der Waals surface area contributed by atoms with E-state index >= 15 is 0 Å². The molecule has 1 unspecified atom stereocenters. The molecule has 2 aliphatic heterocycles. The van der Waals surface area contributed by atoms with Crippen molar-refractivity contribution in [3.63, 3.8) is 0 Å². The van der Waals surface area contributed by atoms with Crippen molar-refractivity contribution in [3.8, 4) is 0 Å². The van der Waals surface area contributed by atoms with Crippen molar-refractivity contribution >= 4 is 21.8 Å².